The molecule has 8 nitrogen and oxygen atoms in total. The van der Waals surface area contributed by atoms with Crippen molar-refractivity contribution in [3.8, 4) is 0 Å². The Morgan fingerprint density at radius 1 is 0.745 bits per heavy atom. The van der Waals surface area contributed by atoms with Gasteiger partial charge in [0, 0.05) is 16.9 Å². The van der Waals surface area contributed by atoms with Crippen molar-refractivity contribution in [2.75, 3.05) is 10.6 Å². The molecule has 0 fully saturated rings. The van der Waals surface area contributed by atoms with Gasteiger partial charge in [0.25, 0.3) is 0 Å². The van der Waals surface area contributed by atoms with Crippen LogP contribution in [-0.4, -0.2) is 34.9 Å². The lowest BCUT2D eigenvalue weighted by Gasteiger charge is -2.36. The minimum absolute atomic E-state index is 0.0552. The van der Waals surface area contributed by atoms with E-state index in [-0.39, 0.29) is 22.8 Å². The fourth-order valence-electron chi connectivity index (χ4n) is 4.42. The molecule has 0 radical (unpaired) electrons. The van der Waals surface area contributed by atoms with E-state index in [0.717, 1.165) is 42.4 Å². The maximum Gasteiger partial charge on any atom is 0.412 e. The summed E-state index contributed by atoms with van der Waals surface area (Å²) in [5, 5.41) is 5.88. The number of rotatable bonds is 11. The van der Waals surface area contributed by atoms with Crippen LogP contribution in [0.5, 0.6) is 0 Å². The van der Waals surface area contributed by atoms with Gasteiger partial charge < -0.3 is 18.3 Å². The predicted octanol–water partition coefficient (Wildman–Crippen LogP) is 10.9. The number of allylic oxidation sites excluding steroid dienone is 1. The Balaban J connectivity index is 1.61. The highest BCUT2D eigenvalue weighted by Gasteiger charge is 2.38. The zero-order chi connectivity index (χ0) is 34.9. The van der Waals surface area contributed by atoms with Crippen molar-refractivity contribution in [1.82, 2.24) is 0 Å². The van der Waals surface area contributed by atoms with E-state index in [1.54, 1.807) is 12.1 Å². The molecule has 0 heterocycles. The Bertz CT molecular complexity index is 1360. The standard InChI is InChI=1S/C37H58N2O6Si2/c1-36(2,3)46(7,8)43-26-29-20-23-33(30(24-29)27-44-47(9,10)37(4,5)6)39-34(40)42-25-28-18-21-31(22-19-28)38-35(41)45-32-16-14-12-11-13-15-17-32/h14,16,18-24,32H,11-13,15,17,25-27H2,1-10H3,(H,38,41)(H,39,40)/b16-14+. The third-order valence-corrected chi connectivity index (χ3v) is 18.7. The van der Waals surface area contributed by atoms with Crippen LogP contribution in [0.15, 0.2) is 54.6 Å². The number of nitrogens with one attached hydrogen (secondary N) is 2. The summed E-state index contributed by atoms with van der Waals surface area (Å²) in [6.45, 7) is 23.2. The van der Waals surface area contributed by atoms with Crippen LogP contribution in [0.3, 0.4) is 0 Å². The van der Waals surface area contributed by atoms with Crippen molar-refractivity contribution < 1.29 is 27.9 Å². The summed E-state index contributed by atoms with van der Waals surface area (Å²) >= 11 is 0. The molecule has 0 saturated carbocycles. The van der Waals surface area contributed by atoms with Crippen molar-refractivity contribution in [2.24, 2.45) is 0 Å². The summed E-state index contributed by atoms with van der Waals surface area (Å²) in [5.74, 6) is 0. The topological polar surface area (TPSA) is 95.1 Å². The van der Waals surface area contributed by atoms with Crippen molar-refractivity contribution in [3.05, 3.63) is 71.3 Å². The summed E-state index contributed by atoms with van der Waals surface area (Å²) in [4.78, 5) is 25.3. The zero-order valence-electron chi connectivity index (χ0n) is 30.4. The Kier molecular flexibility index (Phi) is 13.5. The molecule has 47 heavy (non-hydrogen) atoms. The van der Waals surface area contributed by atoms with Gasteiger partial charge in [0.2, 0.25) is 0 Å². The van der Waals surface area contributed by atoms with E-state index in [4.69, 9.17) is 18.3 Å². The van der Waals surface area contributed by atoms with E-state index in [0.29, 0.717) is 24.6 Å². The quantitative estimate of drug-likeness (QED) is 0.181. The van der Waals surface area contributed by atoms with E-state index in [1.807, 2.05) is 30.3 Å². The fraction of sp³-hybridized carbons (Fsp3) is 0.568. The van der Waals surface area contributed by atoms with E-state index in [2.05, 4.69) is 90.5 Å². The van der Waals surface area contributed by atoms with E-state index in [1.165, 1.54) is 6.42 Å². The molecule has 1 atom stereocenters. The van der Waals surface area contributed by atoms with Gasteiger partial charge in [-0.25, -0.2) is 9.59 Å². The number of carbonyl (C=O) groups is 2. The summed E-state index contributed by atoms with van der Waals surface area (Å²) in [7, 11) is -3.97. The molecule has 0 bridgehead atoms. The number of benzene rings is 2. The summed E-state index contributed by atoms with van der Waals surface area (Å²) in [6, 6.07) is 13.1. The van der Waals surface area contributed by atoms with Crippen LogP contribution < -0.4 is 10.6 Å². The number of amides is 2. The molecule has 1 aliphatic carbocycles. The second-order valence-corrected chi connectivity index (χ2v) is 25.2. The number of anilines is 2. The highest BCUT2D eigenvalue weighted by Crippen LogP contribution is 2.39. The minimum Gasteiger partial charge on any atom is -0.444 e. The second kappa shape index (κ2) is 16.5. The van der Waals surface area contributed by atoms with Crippen LogP contribution in [0, 0.1) is 0 Å². The first-order chi connectivity index (χ1) is 21.9. The van der Waals surface area contributed by atoms with Gasteiger partial charge >= 0.3 is 12.2 Å². The summed E-state index contributed by atoms with van der Waals surface area (Å²) in [5.41, 5.74) is 3.99. The van der Waals surface area contributed by atoms with E-state index < -0.39 is 28.8 Å². The third kappa shape index (κ3) is 12.2. The molecule has 1 unspecified atom stereocenters. The van der Waals surface area contributed by atoms with Crippen LogP contribution >= 0.6 is 0 Å². The van der Waals surface area contributed by atoms with Gasteiger partial charge in [0.05, 0.1) is 13.2 Å². The molecule has 260 valence electrons. The molecule has 0 saturated heterocycles. The Morgan fingerprint density at radius 3 is 2.00 bits per heavy atom. The molecule has 2 N–H and O–H groups in total. The van der Waals surface area contributed by atoms with Gasteiger partial charge in [-0.3, -0.25) is 10.6 Å². The highest BCUT2D eigenvalue weighted by atomic mass is 28.4. The molecule has 0 spiro atoms. The first-order valence-electron chi connectivity index (χ1n) is 16.9. The van der Waals surface area contributed by atoms with Gasteiger partial charge in [0.15, 0.2) is 16.6 Å². The first kappa shape index (κ1) is 38.5. The van der Waals surface area contributed by atoms with Crippen LogP contribution in [0.2, 0.25) is 36.3 Å². The normalized spacial score (nSPS) is 16.9. The van der Waals surface area contributed by atoms with E-state index >= 15 is 0 Å². The molecule has 10 heteroatoms. The Labute approximate surface area is 285 Å². The maximum atomic E-state index is 12.9. The number of hydrogen-bond acceptors (Lipinski definition) is 6. The largest absolute Gasteiger partial charge is 0.444 e. The van der Waals surface area contributed by atoms with Crippen molar-refractivity contribution in [1.29, 1.82) is 0 Å². The smallest absolute Gasteiger partial charge is 0.412 e. The van der Waals surface area contributed by atoms with Gasteiger partial charge in [-0.05, 0) is 103 Å². The molecule has 3 rings (SSSR count). The second-order valence-electron chi connectivity index (χ2n) is 15.6. The van der Waals surface area contributed by atoms with Gasteiger partial charge in [-0.2, -0.15) is 0 Å². The summed E-state index contributed by atoms with van der Waals surface area (Å²) in [6.07, 6.45) is 8.08. The SMILES string of the molecule is CC(C)(C)[Si](C)(C)OCc1ccc(NC(=O)OCc2ccc(NC(=O)OC3/C=C/CCCCC3)cc2)c(CO[Si](C)(C)C(C)(C)C)c1. The van der Waals surface area contributed by atoms with Gasteiger partial charge in [0.1, 0.15) is 12.7 Å². The molecule has 0 aliphatic heterocycles. The zero-order valence-corrected chi connectivity index (χ0v) is 32.4. The number of ether oxygens (including phenoxy) is 2. The lowest BCUT2D eigenvalue weighted by atomic mass is 10.0. The van der Waals surface area contributed by atoms with Gasteiger partial charge in [-0.15, -0.1) is 0 Å². The lowest BCUT2D eigenvalue weighted by molar-refractivity contribution is 0.127. The predicted molar refractivity (Wildman–Crippen MR) is 197 cm³/mol. The molecular formula is C37H58N2O6Si2. The van der Waals surface area contributed by atoms with Crippen LogP contribution in [0.4, 0.5) is 21.0 Å². The first-order valence-corrected chi connectivity index (χ1v) is 22.7. The average molecular weight is 683 g/mol. The lowest BCUT2D eigenvalue weighted by Crippen LogP contribution is -2.40. The molecule has 1 aliphatic rings. The Morgan fingerprint density at radius 2 is 1.36 bits per heavy atom. The van der Waals surface area contributed by atoms with Crippen molar-refractivity contribution in [3.63, 3.8) is 0 Å². The molecule has 0 aromatic heterocycles. The maximum absolute atomic E-state index is 12.9. The monoisotopic (exact) mass is 682 g/mol. The molecule has 2 aromatic carbocycles. The van der Waals surface area contributed by atoms with Crippen LogP contribution in [0.25, 0.3) is 0 Å². The van der Waals surface area contributed by atoms with Gasteiger partial charge in [-0.1, -0.05) is 72.2 Å². The molecule has 2 aromatic rings. The molecular weight excluding hydrogens is 625 g/mol. The third-order valence-electron chi connectivity index (χ3n) is 9.75. The van der Waals surface area contributed by atoms with Crippen LogP contribution in [0.1, 0.15) is 90.3 Å². The highest BCUT2D eigenvalue weighted by molar-refractivity contribution is 6.74. The number of carbonyl (C=O) groups excluding carboxylic acids is 2. The van der Waals surface area contributed by atoms with Crippen molar-refractivity contribution >= 4 is 40.2 Å². The molecule has 2 amide bonds. The minimum atomic E-state index is -2.04. The Hall–Kier alpha value is -2.93. The fourth-order valence-corrected chi connectivity index (χ4v) is 6.33. The van der Waals surface area contributed by atoms with Crippen LogP contribution in [-0.2, 0) is 38.1 Å². The number of hydrogen-bond donors (Lipinski definition) is 2. The summed E-state index contributed by atoms with van der Waals surface area (Å²) < 4.78 is 24.2. The van der Waals surface area contributed by atoms with E-state index in [9.17, 15) is 9.59 Å². The van der Waals surface area contributed by atoms with Crippen molar-refractivity contribution in [2.45, 2.75) is 136 Å². The average Bonchev–Trinajstić information content (AvgIpc) is 2.95.